The number of nitrogens with one attached hydrogen (secondary N) is 1. The second-order valence-corrected chi connectivity index (χ2v) is 2.98. The molecule has 0 aliphatic rings. The van der Waals surface area contributed by atoms with Gasteiger partial charge >= 0.3 is 5.97 Å². The molecule has 5 N–H and O–H groups in total. The van der Waals surface area contributed by atoms with Gasteiger partial charge in [-0.05, 0) is 6.42 Å². The van der Waals surface area contributed by atoms with Gasteiger partial charge in [-0.3, -0.25) is 4.79 Å². The van der Waals surface area contributed by atoms with E-state index in [1.807, 2.05) is 6.92 Å². The molecule has 0 saturated carbocycles. The zero-order valence-electron chi connectivity index (χ0n) is 8.06. The van der Waals surface area contributed by atoms with Crippen LogP contribution in [0, 0.1) is 0 Å². The van der Waals surface area contributed by atoms with Crippen LogP contribution in [0.25, 0.3) is 0 Å². The smallest absolute Gasteiger partial charge is 0.328 e. The maximum atomic E-state index is 11.2. The van der Waals surface area contributed by atoms with E-state index in [2.05, 4.69) is 5.32 Å². The highest BCUT2D eigenvalue weighted by Gasteiger charge is 2.21. The van der Waals surface area contributed by atoms with E-state index >= 15 is 0 Å². The third kappa shape index (κ3) is 4.20. The topological polar surface area (TPSA) is 113 Å². The first kappa shape index (κ1) is 12.9. The van der Waals surface area contributed by atoms with Crippen LogP contribution in [0.15, 0.2) is 0 Å². The summed E-state index contributed by atoms with van der Waals surface area (Å²) in [6.45, 7) is 1.23. The van der Waals surface area contributed by atoms with Gasteiger partial charge in [-0.2, -0.15) is 0 Å². The number of carboxylic acids is 1. The summed E-state index contributed by atoms with van der Waals surface area (Å²) < 4.78 is 0. The van der Waals surface area contributed by atoms with E-state index in [0.717, 1.165) is 6.42 Å². The molecule has 6 heteroatoms. The SMILES string of the molecule is CCC[C@H](N)C(=O)N[C@H](CO)C(=O)O. The highest BCUT2D eigenvalue weighted by Crippen LogP contribution is 1.94. The molecule has 1 amide bonds. The van der Waals surface area contributed by atoms with Gasteiger partial charge in [0.1, 0.15) is 6.04 Å². The number of carboxylic acid groups (broad SMARTS) is 1. The van der Waals surface area contributed by atoms with Crippen LogP contribution in [-0.2, 0) is 9.59 Å². The van der Waals surface area contributed by atoms with Crippen molar-refractivity contribution in [1.82, 2.24) is 5.32 Å². The van der Waals surface area contributed by atoms with Gasteiger partial charge in [0.05, 0.1) is 12.6 Å². The first-order valence-corrected chi connectivity index (χ1v) is 4.42. The number of hydrogen-bond acceptors (Lipinski definition) is 4. The Bertz CT molecular complexity index is 208. The number of amides is 1. The lowest BCUT2D eigenvalue weighted by atomic mass is 10.1. The molecule has 0 bridgehead atoms. The Morgan fingerprint density at radius 3 is 2.43 bits per heavy atom. The van der Waals surface area contributed by atoms with Crippen LogP contribution < -0.4 is 11.1 Å². The lowest BCUT2D eigenvalue weighted by Gasteiger charge is -2.15. The van der Waals surface area contributed by atoms with E-state index in [0.29, 0.717) is 6.42 Å². The number of aliphatic carboxylic acids is 1. The molecule has 0 aromatic heterocycles. The molecule has 0 spiro atoms. The quantitative estimate of drug-likeness (QED) is 0.428. The third-order valence-electron chi connectivity index (χ3n) is 1.73. The van der Waals surface area contributed by atoms with Crippen molar-refractivity contribution in [2.45, 2.75) is 31.8 Å². The van der Waals surface area contributed by atoms with Gasteiger partial charge in [-0.15, -0.1) is 0 Å². The maximum absolute atomic E-state index is 11.2. The van der Waals surface area contributed by atoms with E-state index in [1.54, 1.807) is 0 Å². The number of nitrogens with two attached hydrogens (primary N) is 1. The van der Waals surface area contributed by atoms with E-state index in [4.69, 9.17) is 15.9 Å². The Balaban J connectivity index is 4.08. The molecule has 2 atom stereocenters. The summed E-state index contributed by atoms with van der Waals surface area (Å²) in [5.41, 5.74) is 5.44. The van der Waals surface area contributed by atoms with Gasteiger partial charge in [0, 0.05) is 0 Å². The molecule has 0 saturated heterocycles. The average molecular weight is 204 g/mol. The largest absolute Gasteiger partial charge is 0.480 e. The summed E-state index contributed by atoms with van der Waals surface area (Å²) in [7, 11) is 0. The van der Waals surface area contributed by atoms with Crippen molar-refractivity contribution in [3.63, 3.8) is 0 Å². The third-order valence-corrected chi connectivity index (χ3v) is 1.73. The Kier molecular flexibility index (Phi) is 5.82. The Labute approximate surface area is 82.1 Å². The van der Waals surface area contributed by atoms with Crippen LogP contribution in [-0.4, -0.2) is 40.8 Å². The van der Waals surface area contributed by atoms with Crippen molar-refractivity contribution < 1.29 is 19.8 Å². The summed E-state index contributed by atoms with van der Waals surface area (Å²) in [5.74, 6) is -1.82. The summed E-state index contributed by atoms with van der Waals surface area (Å²) in [5, 5.41) is 19.3. The van der Waals surface area contributed by atoms with E-state index in [9.17, 15) is 9.59 Å². The molecule has 0 unspecified atom stereocenters. The minimum Gasteiger partial charge on any atom is -0.480 e. The fourth-order valence-electron chi connectivity index (χ4n) is 0.906. The van der Waals surface area contributed by atoms with Crippen LogP contribution in [0.3, 0.4) is 0 Å². The van der Waals surface area contributed by atoms with E-state index in [1.165, 1.54) is 0 Å². The van der Waals surface area contributed by atoms with Crippen LogP contribution in [0.4, 0.5) is 0 Å². The number of aliphatic hydroxyl groups excluding tert-OH is 1. The van der Waals surface area contributed by atoms with Gasteiger partial charge in [0.2, 0.25) is 5.91 Å². The highest BCUT2D eigenvalue weighted by molar-refractivity contribution is 5.86. The van der Waals surface area contributed by atoms with Crippen molar-refractivity contribution in [2.24, 2.45) is 5.73 Å². The molecular formula is C8H16N2O4. The predicted octanol–water partition coefficient (Wildman–Crippen LogP) is -1.32. The maximum Gasteiger partial charge on any atom is 0.328 e. The van der Waals surface area contributed by atoms with Gasteiger partial charge in [-0.25, -0.2) is 4.79 Å². The Morgan fingerprint density at radius 1 is 1.50 bits per heavy atom. The Morgan fingerprint density at radius 2 is 2.07 bits per heavy atom. The van der Waals surface area contributed by atoms with Crippen LogP contribution in [0.2, 0.25) is 0 Å². The van der Waals surface area contributed by atoms with E-state index < -0.39 is 30.6 Å². The van der Waals surface area contributed by atoms with Crippen molar-refractivity contribution in [3.05, 3.63) is 0 Å². The van der Waals surface area contributed by atoms with Gasteiger partial charge in [-0.1, -0.05) is 13.3 Å². The average Bonchev–Trinajstić information content (AvgIpc) is 2.13. The standard InChI is InChI=1S/C8H16N2O4/c1-2-3-5(9)7(12)10-6(4-11)8(13)14/h5-6,11H,2-4,9H2,1H3,(H,10,12)(H,13,14)/t5-,6+/m0/s1. The van der Waals surface area contributed by atoms with Crippen LogP contribution in [0.5, 0.6) is 0 Å². The first-order chi connectivity index (χ1) is 6.52. The predicted molar refractivity (Wildman–Crippen MR) is 49.5 cm³/mol. The lowest BCUT2D eigenvalue weighted by molar-refractivity contribution is -0.143. The molecule has 14 heavy (non-hydrogen) atoms. The van der Waals surface area contributed by atoms with E-state index in [-0.39, 0.29) is 0 Å². The second kappa shape index (κ2) is 6.33. The minimum absolute atomic E-state index is 0.490. The molecule has 0 aromatic carbocycles. The normalized spacial score (nSPS) is 14.5. The van der Waals surface area contributed by atoms with Crippen LogP contribution in [0.1, 0.15) is 19.8 Å². The molecule has 0 aliphatic heterocycles. The van der Waals surface area contributed by atoms with Crippen molar-refractivity contribution >= 4 is 11.9 Å². The van der Waals surface area contributed by atoms with Crippen LogP contribution >= 0.6 is 0 Å². The molecular weight excluding hydrogens is 188 g/mol. The van der Waals surface area contributed by atoms with Gasteiger partial charge in [0.25, 0.3) is 0 Å². The van der Waals surface area contributed by atoms with Crippen molar-refractivity contribution in [1.29, 1.82) is 0 Å². The number of hydrogen-bond donors (Lipinski definition) is 4. The summed E-state index contributed by atoms with van der Waals surface area (Å²) in [6, 6.07) is -1.99. The molecule has 0 heterocycles. The number of carbonyl (C=O) groups is 2. The molecule has 82 valence electrons. The minimum atomic E-state index is -1.27. The summed E-state index contributed by atoms with van der Waals surface area (Å²) in [6.07, 6.45) is 1.23. The second-order valence-electron chi connectivity index (χ2n) is 2.98. The zero-order valence-corrected chi connectivity index (χ0v) is 8.06. The molecule has 0 radical (unpaired) electrons. The lowest BCUT2D eigenvalue weighted by Crippen LogP contribution is -2.49. The fraction of sp³-hybridized carbons (Fsp3) is 0.750. The number of rotatable bonds is 6. The number of carbonyl (C=O) groups excluding carboxylic acids is 1. The molecule has 0 rings (SSSR count). The first-order valence-electron chi connectivity index (χ1n) is 4.42. The monoisotopic (exact) mass is 204 g/mol. The summed E-state index contributed by atoms with van der Waals surface area (Å²) in [4.78, 5) is 21.6. The molecule has 6 nitrogen and oxygen atoms in total. The fourth-order valence-corrected chi connectivity index (χ4v) is 0.906. The van der Waals surface area contributed by atoms with Gasteiger partial charge < -0.3 is 21.3 Å². The zero-order chi connectivity index (χ0) is 11.1. The number of aliphatic hydroxyl groups is 1. The highest BCUT2D eigenvalue weighted by atomic mass is 16.4. The molecule has 0 aromatic rings. The summed E-state index contributed by atoms with van der Waals surface area (Å²) >= 11 is 0. The van der Waals surface area contributed by atoms with Gasteiger partial charge in [0.15, 0.2) is 0 Å². The Hall–Kier alpha value is -1.14. The van der Waals surface area contributed by atoms with Crippen molar-refractivity contribution in [3.8, 4) is 0 Å². The van der Waals surface area contributed by atoms with Crippen molar-refractivity contribution in [2.75, 3.05) is 6.61 Å². The molecule has 0 fully saturated rings. The molecule has 0 aliphatic carbocycles.